The van der Waals surface area contributed by atoms with Crippen LogP contribution in [-0.4, -0.2) is 18.9 Å². The van der Waals surface area contributed by atoms with E-state index in [9.17, 15) is 0 Å². The minimum atomic E-state index is 0.817. The lowest BCUT2D eigenvalue weighted by molar-refractivity contribution is 1.08. The first-order valence-electron chi connectivity index (χ1n) is 17.8. The highest BCUT2D eigenvalue weighted by Crippen LogP contribution is 2.45. The Morgan fingerprint density at radius 2 is 0.962 bits per heavy atom. The minimum absolute atomic E-state index is 0.817. The topological polar surface area (TPSA) is 35.1 Å². The summed E-state index contributed by atoms with van der Waals surface area (Å²) in [5.74, 6) is 0.817. The van der Waals surface area contributed by atoms with Crippen LogP contribution in [0.25, 0.3) is 110 Å². The Balaban J connectivity index is 1.32. The zero-order chi connectivity index (χ0) is 33.9. The molecule has 4 heterocycles. The summed E-state index contributed by atoms with van der Waals surface area (Å²) >= 11 is 0. The zero-order valence-corrected chi connectivity index (χ0v) is 28.0. The van der Waals surface area contributed by atoms with E-state index in [1.54, 1.807) is 0 Å². The summed E-state index contributed by atoms with van der Waals surface area (Å²) in [7, 11) is 0. The Kier molecular flexibility index (Phi) is 5.47. The van der Waals surface area contributed by atoms with Gasteiger partial charge in [-0.25, -0.2) is 9.97 Å². The maximum absolute atomic E-state index is 5.74. The van der Waals surface area contributed by atoms with Gasteiger partial charge in [0.05, 0.1) is 38.6 Å². The highest BCUT2D eigenvalue weighted by molar-refractivity contribution is 6.31. The van der Waals surface area contributed by atoms with Crippen molar-refractivity contribution in [1.82, 2.24) is 18.9 Å². The van der Waals surface area contributed by atoms with Gasteiger partial charge in [0.25, 0.3) is 0 Å². The molecular formula is C48H28N4. The van der Waals surface area contributed by atoms with E-state index in [-0.39, 0.29) is 0 Å². The second-order valence-electron chi connectivity index (χ2n) is 13.7. The molecular weight excluding hydrogens is 633 g/mol. The summed E-state index contributed by atoms with van der Waals surface area (Å²) in [5.41, 5.74) is 11.7. The molecule has 0 aliphatic heterocycles. The second kappa shape index (κ2) is 10.3. The fourth-order valence-electron chi connectivity index (χ4n) is 8.86. The predicted molar refractivity (Wildman–Crippen MR) is 217 cm³/mol. The summed E-state index contributed by atoms with van der Waals surface area (Å²) in [6, 6.07) is 60.9. The van der Waals surface area contributed by atoms with Gasteiger partial charge in [0.2, 0.25) is 0 Å². The van der Waals surface area contributed by atoms with Gasteiger partial charge in [0.15, 0.2) is 5.82 Å². The number of benzene rings is 8. The first-order valence-corrected chi connectivity index (χ1v) is 17.8. The lowest BCUT2D eigenvalue weighted by atomic mass is 9.98. The van der Waals surface area contributed by atoms with E-state index >= 15 is 0 Å². The molecule has 8 aromatic carbocycles. The van der Waals surface area contributed by atoms with Crippen molar-refractivity contribution in [1.29, 1.82) is 0 Å². The van der Waals surface area contributed by atoms with Crippen LogP contribution in [-0.2, 0) is 0 Å². The Morgan fingerprint density at radius 3 is 1.79 bits per heavy atom. The quantitative estimate of drug-likeness (QED) is 0.177. The lowest BCUT2D eigenvalue weighted by Gasteiger charge is -2.17. The molecule has 0 saturated heterocycles. The Bertz CT molecular complexity index is 3390. The van der Waals surface area contributed by atoms with Crippen LogP contribution in [0.4, 0.5) is 0 Å². The highest BCUT2D eigenvalue weighted by Gasteiger charge is 2.25. The number of fused-ring (bicyclic) bond motifs is 8. The molecule has 4 heteroatoms. The van der Waals surface area contributed by atoms with Crippen LogP contribution in [0.3, 0.4) is 0 Å². The molecule has 0 unspecified atom stereocenters. The van der Waals surface area contributed by atoms with Gasteiger partial charge in [-0.15, -0.1) is 0 Å². The molecule has 4 nitrogen and oxygen atoms in total. The van der Waals surface area contributed by atoms with Gasteiger partial charge < -0.3 is 4.40 Å². The molecule has 52 heavy (non-hydrogen) atoms. The third kappa shape index (κ3) is 3.60. The lowest BCUT2D eigenvalue weighted by Crippen LogP contribution is -2.05. The van der Waals surface area contributed by atoms with Crippen molar-refractivity contribution >= 4 is 81.7 Å². The van der Waals surface area contributed by atoms with Gasteiger partial charge in [-0.05, 0) is 46.7 Å². The van der Waals surface area contributed by atoms with Crippen LogP contribution in [0.2, 0.25) is 0 Å². The third-order valence-electron chi connectivity index (χ3n) is 11.0. The fraction of sp³-hybridized carbons (Fsp3) is 0. The average molecular weight is 661 g/mol. The highest BCUT2D eigenvalue weighted by atomic mass is 15.1. The van der Waals surface area contributed by atoms with Crippen LogP contribution in [0.15, 0.2) is 170 Å². The van der Waals surface area contributed by atoms with Gasteiger partial charge >= 0.3 is 0 Å². The molecule has 0 radical (unpaired) electrons. The molecule has 0 amide bonds. The van der Waals surface area contributed by atoms with E-state index in [2.05, 4.69) is 179 Å². The molecule has 0 aliphatic rings. The van der Waals surface area contributed by atoms with Crippen molar-refractivity contribution in [2.75, 3.05) is 0 Å². The fourth-order valence-corrected chi connectivity index (χ4v) is 8.86. The Labute approximate surface area is 297 Å². The van der Waals surface area contributed by atoms with Crippen molar-refractivity contribution in [2.24, 2.45) is 0 Å². The van der Waals surface area contributed by atoms with Crippen molar-refractivity contribution in [3.05, 3.63) is 170 Å². The second-order valence-corrected chi connectivity index (χ2v) is 13.7. The van der Waals surface area contributed by atoms with E-state index in [1.807, 2.05) is 0 Å². The molecule has 4 aromatic heterocycles. The van der Waals surface area contributed by atoms with E-state index < -0.39 is 0 Å². The van der Waals surface area contributed by atoms with E-state index in [1.165, 1.54) is 48.9 Å². The molecule has 12 aromatic rings. The molecule has 0 atom stereocenters. The van der Waals surface area contributed by atoms with Gasteiger partial charge in [-0.2, -0.15) is 0 Å². The Hall–Kier alpha value is -7.04. The van der Waals surface area contributed by atoms with Gasteiger partial charge in [-0.3, -0.25) is 4.57 Å². The summed E-state index contributed by atoms with van der Waals surface area (Å²) < 4.78 is 4.85. The maximum atomic E-state index is 5.74. The molecule has 12 rings (SSSR count). The largest absolute Gasteiger partial charge is 0.308 e. The monoisotopic (exact) mass is 660 g/mol. The van der Waals surface area contributed by atoms with Crippen molar-refractivity contribution in [3.63, 3.8) is 0 Å². The van der Waals surface area contributed by atoms with E-state index in [4.69, 9.17) is 9.97 Å². The minimum Gasteiger partial charge on any atom is -0.308 e. The number of rotatable bonds is 3. The maximum Gasteiger partial charge on any atom is 0.165 e. The SMILES string of the molecule is c1ccc(-c2nc3c(nc2-n2c4cccc5c6cccc7c8ccccc8n(c8cccc2c8c54)c67)c(-c2ccccc2)cc2ccccc23)cc1. The molecule has 240 valence electrons. The molecule has 0 fully saturated rings. The van der Waals surface area contributed by atoms with Crippen molar-refractivity contribution < 1.29 is 0 Å². The van der Waals surface area contributed by atoms with Crippen LogP contribution < -0.4 is 0 Å². The number of nitrogens with zero attached hydrogens (tertiary/aromatic N) is 4. The molecule has 0 saturated carbocycles. The molecule has 0 bridgehead atoms. The number of hydrogen-bond acceptors (Lipinski definition) is 2. The summed E-state index contributed by atoms with van der Waals surface area (Å²) in [4.78, 5) is 11.4. The molecule has 0 aliphatic carbocycles. The van der Waals surface area contributed by atoms with Gasteiger partial charge in [0, 0.05) is 43.4 Å². The third-order valence-corrected chi connectivity index (χ3v) is 11.0. The Morgan fingerprint density at radius 1 is 0.385 bits per heavy atom. The molecule has 0 spiro atoms. The van der Waals surface area contributed by atoms with Crippen molar-refractivity contribution in [2.45, 2.75) is 0 Å². The zero-order valence-electron chi connectivity index (χ0n) is 28.0. The first-order chi connectivity index (χ1) is 25.8. The summed E-state index contributed by atoms with van der Waals surface area (Å²) in [5, 5.41) is 9.69. The van der Waals surface area contributed by atoms with Crippen LogP contribution in [0.5, 0.6) is 0 Å². The van der Waals surface area contributed by atoms with E-state index in [0.29, 0.717) is 0 Å². The first kappa shape index (κ1) is 27.7. The molecule has 0 N–H and O–H groups in total. The number of aromatic nitrogens is 4. The van der Waals surface area contributed by atoms with Crippen LogP contribution in [0, 0.1) is 0 Å². The normalized spacial score (nSPS) is 12.2. The van der Waals surface area contributed by atoms with Crippen LogP contribution >= 0.6 is 0 Å². The average Bonchev–Trinajstić information content (AvgIpc) is 3.69. The van der Waals surface area contributed by atoms with Gasteiger partial charge in [-0.1, -0.05) is 140 Å². The van der Waals surface area contributed by atoms with Crippen LogP contribution in [0.1, 0.15) is 0 Å². The predicted octanol–water partition coefficient (Wildman–Crippen LogP) is 12.4. The summed E-state index contributed by atoms with van der Waals surface area (Å²) in [6.07, 6.45) is 0. The van der Waals surface area contributed by atoms with Crippen molar-refractivity contribution in [3.8, 4) is 28.2 Å². The number of para-hydroxylation sites is 2. The standard InChI is InChI=1S/C48H28N4/c1-3-14-29(15-4-1)37-28-31-18-7-8-19-32(31)45-46(37)50-48(44(49-45)30-16-5-2-6-17-30)52-39-25-12-21-34-36-23-11-22-35-33-20-9-10-24-38(33)51(47(35)36)40-26-13-27-41(52)43(40)42(34)39/h1-28H. The van der Waals surface area contributed by atoms with Gasteiger partial charge in [0.1, 0.15) is 5.69 Å². The smallest absolute Gasteiger partial charge is 0.165 e. The summed E-state index contributed by atoms with van der Waals surface area (Å²) in [6.45, 7) is 0. The number of hydrogen-bond donors (Lipinski definition) is 0. The van der Waals surface area contributed by atoms with E-state index in [0.717, 1.165) is 61.0 Å².